The smallest absolute Gasteiger partial charge is 0.263 e. The average Bonchev–Trinajstić information content (AvgIpc) is 2.81. The molecular weight excluding hydrogens is 310 g/mol. The quantitative estimate of drug-likeness (QED) is 0.731. The lowest BCUT2D eigenvalue weighted by molar-refractivity contribution is 0.0766. The molecule has 4 heteroatoms. The number of carbonyl (C=O) groups is 1. The van der Waals surface area contributed by atoms with Gasteiger partial charge in [0.15, 0.2) is 0 Å². The van der Waals surface area contributed by atoms with Gasteiger partial charge in [-0.25, -0.2) is 0 Å². The van der Waals surface area contributed by atoms with Gasteiger partial charge in [-0.15, -0.1) is 23.1 Å². The Balaban J connectivity index is 1.65. The fraction of sp³-hybridized carbons (Fsp3) is 0.389. The van der Waals surface area contributed by atoms with E-state index in [2.05, 4.69) is 35.2 Å². The average molecular weight is 329 g/mol. The largest absolute Gasteiger partial charge is 0.338 e. The molecule has 0 N–H and O–H groups in total. The number of carbonyl (C=O) groups excluding carboxylic acids is 1. The Labute approximate surface area is 139 Å². The van der Waals surface area contributed by atoms with E-state index in [4.69, 9.17) is 0 Å². The van der Waals surface area contributed by atoms with Crippen LogP contribution in [0.2, 0.25) is 0 Å². The highest BCUT2D eigenvalue weighted by Gasteiger charge is 2.24. The molecule has 22 heavy (non-hydrogen) atoms. The molecule has 1 saturated heterocycles. The second-order valence-corrected chi connectivity index (χ2v) is 8.03. The Morgan fingerprint density at radius 3 is 2.64 bits per heavy atom. The number of likely N-dealkylation sites (tertiary alicyclic amines) is 1. The lowest BCUT2D eigenvalue weighted by Crippen LogP contribution is -2.31. The van der Waals surface area contributed by atoms with Crippen molar-refractivity contribution in [3.05, 3.63) is 40.8 Å². The van der Waals surface area contributed by atoms with Crippen LogP contribution in [0.4, 0.5) is 0 Å². The van der Waals surface area contributed by atoms with E-state index in [0.29, 0.717) is 0 Å². The molecule has 2 aliphatic rings. The number of rotatable bonds is 1. The normalized spacial score (nSPS) is 17.5. The van der Waals surface area contributed by atoms with Crippen LogP contribution < -0.4 is 0 Å². The van der Waals surface area contributed by atoms with E-state index in [0.717, 1.165) is 36.6 Å². The monoisotopic (exact) mass is 329 g/mol. The molecule has 4 rings (SSSR count). The van der Waals surface area contributed by atoms with Gasteiger partial charge in [-0.05, 0) is 30.5 Å². The van der Waals surface area contributed by atoms with Gasteiger partial charge in [0.05, 0.1) is 4.88 Å². The van der Waals surface area contributed by atoms with Crippen LogP contribution in [0.1, 0.15) is 40.9 Å². The van der Waals surface area contributed by atoms with Crippen LogP contribution in [0.15, 0.2) is 35.2 Å². The van der Waals surface area contributed by atoms with E-state index < -0.39 is 0 Å². The summed E-state index contributed by atoms with van der Waals surface area (Å²) < 4.78 is 0. The minimum atomic E-state index is 0.240. The van der Waals surface area contributed by atoms with Crippen molar-refractivity contribution in [1.29, 1.82) is 0 Å². The molecule has 0 bridgehead atoms. The van der Waals surface area contributed by atoms with Crippen molar-refractivity contribution in [3.8, 4) is 10.4 Å². The molecular formula is C18H19NOS2. The summed E-state index contributed by atoms with van der Waals surface area (Å²) in [5.41, 5.74) is 2.63. The summed E-state index contributed by atoms with van der Waals surface area (Å²) in [6, 6.07) is 10.7. The molecule has 1 amide bonds. The van der Waals surface area contributed by atoms with Gasteiger partial charge in [0.2, 0.25) is 0 Å². The third-order valence-corrected chi connectivity index (χ3v) is 6.75. The zero-order valence-corrected chi connectivity index (χ0v) is 14.1. The van der Waals surface area contributed by atoms with E-state index in [1.807, 2.05) is 11.8 Å². The van der Waals surface area contributed by atoms with E-state index in [1.165, 1.54) is 33.7 Å². The van der Waals surface area contributed by atoms with Gasteiger partial charge < -0.3 is 4.90 Å². The SMILES string of the molecule is O=C(c1cc2c(s1)-c1ccccc1SC2)N1CCCCCC1. The van der Waals surface area contributed by atoms with Gasteiger partial charge >= 0.3 is 0 Å². The topological polar surface area (TPSA) is 20.3 Å². The van der Waals surface area contributed by atoms with Crippen molar-refractivity contribution in [2.24, 2.45) is 0 Å². The van der Waals surface area contributed by atoms with E-state index >= 15 is 0 Å². The Bertz CT molecular complexity index is 699. The van der Waals surface area contributed by atoms with Crippen LogP contribution in [0.5, 0.6) is 0 Å². The number of thiophene rings is 1. The summed E-state index contributed by atoms with van der Waals surface area (Å²) in [7, 11) is 0. The van der Waals surface area contributed by atoms with E-state index in [9.17, 15) is 4.79 Å². The van der Waals surface area contributed by atoms with Crippen molar-refractivity contribution in [2.45, 2.75) is 36.3 Å². The molecule has 0 spiro atoms. The number of nitrogens with zero attached hydrogens (tertiary/aromatic N) is 1. The summed E-state index contributed by atoms with van der Waals surface area (Å²) in [4.78, 5) is 18.4. The van der Waals surface area contributed by atoms with Crippen LogP contribution in [0.3, 0.4) is 0 Å². The molecule has 1 aromatic carbocycles. The summed E-state index contributed by atoms with van der Waals surface area (Å²) in [6.45, 7) is 1.85. The first-order chi connectivity index (χ1) is 10.8. The Morgan fingerprint density at radius 1 is 1.05 bits per heavy atom. The number of fused-ring (bicyclic) bond motifs is 3. The van der Waals surface area contributed by atoms with Crippen LogP contribution in [-0.2, 0) is 5.75 Å². The van der Waals surface area contributed by atoms with Gasteiger partial charge in [0, 0.05) is 34.2 Å². The fourth-order valence-electron chi connectivity index (χ4n) is 3.23. The minimum Gasteiger partial charge on any atom is -0.338 e. The number of thioether (sulfide) groups is 1. The second kappa shape index (κ2) is 6.09. The zero-order valence-electron chi connectivity index (χ0n) is 12.5. The van der Waals surface area contributed by atoms with Crippen LogP contribution >= 0.6 is 23.1 Å². The fourth-order valence-corrected chi connectivity index (χ4v) is 5.62. The first-order valence-corrected chi connectivity index (χ1v) is 9.77. The van der Waals surface area contributed by atoms with Crippen molar-refractivity contribution in [3.63, 3.8) is 0 Å². The predicted octanol–water partition coefficient (Wildman–Crippen LogP) is 5.04. The molecule has 2 aliphatic heterocycles. The molecule has 3 heterocycles. The molecule has 0 aliphatic carbocycles. The molecule has 2 nitrogen and oxygen atoms in total. The molecule has 0 saturated carbocycles. The molecule has 0 atom stereocenters. The maximum absolute atomic E-state index is 12.8. The van der Waals surface area contributed by atoms with E-state index in [-0.39, 0.29) is 5.91 Å². The van der Waals surface area contributed by atoms with Crippen molar-refractivity contribution in [2.75, 3.05) is 13.1 Å². The predicted molar refractivity (Wildman–Crippen MR) is 93.7 cm³/mol. The zero-order chi connectivity index (χ0) is 14.9. The summed E-state index contributed by atoms with van der Waals surface area (Å²) in [5.74, 6) is 1.22. The highest BCUT2D eigenvalue weighted by molar-refractivity contribution is 7.98. The number of hydrogen-bond acceptors (Lipinski definition) is 3. The van der Waals surface area contributed by atoms with Gasteiger partial charge in [-0.1, -0.05) is 31.0 Å². The van der Waals surface area contributed by atoms with Gasteiger partial charge in [0.1, 0.15) is 0 Å². The molecule has 0 unspecified atom stereocenters. The van der Waals surface area contributed by atoms with Crippen molar-refractivity contribution in [1.82, 2.24) is 4.90 Å². The minimum absolute atomic E-state index is 0.240. The van der Waals surface area contributed by atoms with Gasteiger partial charge in [-0.2, -0.15) is 0 Å². The summed E-state index contributed by atoms with van der Waals surface area (Å²) in [6.07, 6.45) is 4.81. The third-order valence-electron chi connectivity index (χ3n) is 4.43. The van der Waals surface area contributed by atoms with Gasteiger partial charge in [-0.3, -0.25) is 4.79 Å². The highest BCUT2D eigenvalue weighted by atomic mass is 32.2. The molecule has 1 fully saturated rings. The Hall–Kier alpha value is -1.26. The number of amides is 1. The first kappa shape index (κ1) is 14.3. The summed E-state index contributed by atoms with van der Waals surface area (Å²) in [5, 5.41) is 0. The van der Waals surface area contributed by atoms with Crippen LogP contribution in [-0.4, -0.2) is 23.9 Å². The van der Waals surface area contributed by atoms with Crippen LogP contribution in [0, 0.1) is 0 Å². The maximum atomic E-state index is 12.8. The maximum Gasteiger partial charge on any atom is 0.263 e. The molecule has 114 valence electrons. The standard InChI is InChI=1S/C18H19NOS2/c20-18(19-9-5-1-2-6-10-19)16-11-13-12-21-15-8-4-3-7-14(15)17(13)22-16/h3-4,7-8,11H,1-2,5-6,9-10,12H2. The number of benzene rings is 1. The van der Waals surface area contributed by atoms with Gasteiger partial charge in [0.25, 0.3) is 5.91 Å². The highest BCUT2D eigenvalue weighted by Crippen LogP contribution is 2.45. The lowest BCUT2D eigenvalue weighted by atomic mass is 10.1. The molecule has 1 aromatic heterocycles. The van der Waals surface area contributed by atoms with Crippen LogP contribution in [0.25, 0.3) is 10.4 Å². The molecule has 0 radical (unpaired) electrons. The Kier molecular flexibility index (Phi) is 3.97. The van der Waals surface area contributed by atoms with Crippen molar-refractivity contribution < 1.29 is 4.79 Å². The third kappa shape index (κ3) is 2.59. The Morgan fingerprint density at radius 2 is 1.82 bits per heavy atom. The lowest BCUT2D eigenvalue weighted by Gasteiger charge is -2.19. The van der Waals surface area contributed by atoms with E-state index in [1.54, 1.807) is 11.3 Å². The molecule has 2 aromatic rings. The second-order valence-electron chi connectivity index (χ2n) is 5.96. The number of hydrogen-bond donors (Lipinski definition) is 0. The van der Waals surface area contributed by atoms with Crippen molar-refractivity contribution >= 4 is 29.0 Å². The summed E-state index contributed by atoms with van der Waals surface area (Å²) >= 11 is 3.56. The first-order valence-electron chi connectivity index (χ1n) is 7.97.